The summed E-state index contributed by atoms with van der Waals surface area (Å²) in [7, 11) is 3.22. The molecule has 0 fully saturated rings. The van der Waals surface area contributed by atoms with Crippen molar-refractivity contribution in [2.75, 3.05) is 40.6 Å². The fraction of sp³-hybridized carbons (Fsp3) is 0.400. The van der Waals surface area contributed by atoms with Gasteiger partial charge in [0.25, 0.3) is 0 Å². The Bertz CT molecular complexity index is 588. The molecule has 6 heteroatoms. The van der Waals surface area contributed by atoms with Gasteiger partial charge in [0, 0.05) is 31.9 Å². The highest BCUT2D eigenvalue weighted by Crippen LogP contribution is 2.35. The zero-order chi connectivity index (χ0) is 15.1. The number of hydrogen-bond acceptors (Lipinski definition) is 6. The van der Waals surface area contributed by atoms with Gasteiger partial charge in [-0.3, -0.25) is 4.98 Å². The summed E-state index contributed by atoms with van der Waals surface area (Å²) >= 11 is 0. The molecule has 0 aliphatic heterocycles. The van der Waals surface area contributed by atoms with Crippen LogP contribution in [0.3, 0.4) is 0 Å². The minimum absolute atomic E-state index is 0.153. The number of ether oxygens (including phenoxy) is 4. The first-order chi connectivity index (χ1) is 10.3. The molecular weight excluding hydrogens is 274 g/mol. The van der Waals surface area contributed by atoms with Crippen molar-refractivity contribution >= 4 is 10.9 Å². The summed E-state index contributed by atoms with van der Waals surface area (Å²) in [5.74, 6) is 1.26. The van der Waals surface area contributed by atoms with E-state index in [0.717, 1.165) is 0 Å². The fourth-order valence-electron chi connectivity index (χ4n) is 1.83. The summed E-state index contributed by atoms with van der Waals surface area (Å²) in [6, 6.07) is 5.00. The van der Waals surface area contributed by atoms with Gasteiger partial charge in [-0.2, -0.15) is 0 Å². The normalized spacial score (nSPS) is 10.8. The molecule has 0 aliphatic rings. The van der Waals surface area contributed by atoms with Crippen LogP contribution in [-0.2, 0) is 9.47 Å². The minimum Gasteiger partial charge on any atom is -0.507 e. The topological polar surface area (TPSA) is 70.0 Å². The van der Waals surface area contributed by atoms with Crippen molar-refractivity contribution in [1.29, 1.82) is 0 Å². The number of fused-ring (bicyclic) bond motifs is 1. The zero-order valence-electron chi connectivity index (χ0n) is 12.2. The zero-order valence-corrected chi connectivity index (χ0v) is 12.2. The third-order valence-electron chi connectivity index (χ3n) is 2.87. The maximum atomic E-state index is 9.89. The van der Waals surface area contributed by atoms with Gasteiger partial charge in [0.15, 0.2) is 11.5 Å². The third-order valence-corrected chi connectivity index (χ3v) is 2.87. The lowest BCUT2D eigenvalue weighted by Crippen LogP contribution is -2.08. The number of pyridine rings is 1. The van der Waals surface area contributed by atoms with Crippen LogP contribution in [0.5, 0.6) is 17.2 Å². The molecule has 2 aromatic rings. The molecule has 1 N–H and O–H groups in total. The van der Waals surface area contributed by atoms with Crippen molar-refractivity contribution < 1.29 is 24.1 Å². The van der Waals surface area contributed by atoms with Crippen LogP contribution < -0.4 is 9.47 Å². The van der Waals surface area contributed by atoms with Gasteiger partial charge in [-0.25, -0.2) is 0 Å². The molecule has 1 aromatic heterocycles. The second-order valence-corrected chi connectivity index (χ2v) is 4.33. The Balaban J connectivity index is 2.29. The predicted octanol–water partition coefficient (Wildman–Crippen LogP) is 1.99. The smallest absolute Gasteiger partial charge is 0.163 e. The van der Waals surface area contributed by atoms with E-state index in [9.17, 15) is 5.11 Å². The van der Waals surface area contributed by atoms with Gasteiger partial charge in [0.05, 0.1) is 18.7 Å². The van der Waals surface area contributed by atoms with E-state index in [0.29, 0.717) is 48.8 Å². The highest BCUT2D eigenvalue weighted by molar-refractivity contribution is 5.87. The first kappa shape index (κ1) is 15.3. The van der Waals surface area contributed by atoms with E-state index in [1.807, 2.05) is 0 Å². The fourth-order valence-corrected chi connectivity index (χ4v) is 1.83. The second-order valence-electron chi connectivity index (χ2n) is 4.33. The van der Waals surface area contributed by atoms with E-state index < -0.39 is 0 Å². The molecule has 21 heavy (non-hydrogen) atoms. The second kappa shape index (κ2) is 7.66. The molecule has 0 radical (unpaired) electrons. The Morgan fingerprint density at radius 1 is 0.952 bits per heavy atom. The van der Waals surface area contributed by atoms with Gasteiger partial charge in [0.1, 0.15) is 19.0 Å². The summed E-state index contributed by atoms with van der Waals surface area (Å²) in [6.07, 6.45) is 1.54. The monoisotopic (exact) mass is 293 g/mol. The number of nitrogens with zero attached hydrogens (tertiary/aromatic N) is 1. The molecule has 1 heterocycles. The summed E-state index contributed by atoms with van der Waals surface area (Å²) in [5, 5.41) is 10.5. The Morgan fingerprint density at radius 3 is 2.19 bits per heavy atom. The number of methoxy groups -OCH3 is 2. The molecular formula is C15H19NO5. The van der Waals surface area contributed by atoms with Crippen LogP contribution in [0, 0.1) is 0 Å². The van der Waals surface area contributed by atoms with Gasteiger partial charge in [-0.05, 0) is 12.1 Å². The highest BCUT2D eigenvalue weighted by Gasteiger charge is 2.11. The highest BCUT2D eigenvalue weighted by atomic mass is 16.5. The van der Waals surface area contributed by atoms with Crippen molar-refractivity contribution in [3.63, 3.8) is 0 Å². The van der Waals surface area contributed by atoms with Crippen molar-refractivity contribution in [1.82, 2.24) is 4.98 Å². The van der Waals surface area contributed by atoms with Crippen LogP contribution in [-0.4, -0.2) is 50.7 Å². The summed E-state index contributed by atoms with van der Waals surface area (Å²) < 4.78 is 21.2. The Kier molecular flexibility index (Phi) is 5.59. The number of benzene rings is 1. The third kappa shape index (κ3) is 3.96. The predicted molar refractivity (Wildman–Crippen MR) is 78.1 cm³/mol. The molecule has 0 spiro atoms. The van der Waals surface area contributed by atoms with Crippen molar-refractivity contribution in [3.8, 4) is 17.2 Å². The van der Waals surface area contributed by atoms with Crippen LogP contribution >= 0.6 is 0 Å². The van der Waals surface area contributed by atoms with E-state index in [4.69, 9.17) is 18.9 Å². The SMILES string of the molecule is COCCOc1cc2nccc(O)c2cc1OCCOC. The van der Waals surface area contributed by atoms with Gasteiger partial charge in [0.2, 0.25) is 0 Å². The molecule has 1 aromatic carbocycles. The maximum Gasteiger partial charge on any atom is 0.163 e. The largest absolute Gasteiger partial charge is 0.507 e. The van der Waals surface area contributed by atoms with Crippen molar-refractivity contribution in [2.45, 2.75) is 0 Å². The number of hydrogen-bond donors (Lipinski definition) is 1. The van der Waals surface area contributed by atoms with E-state index in [1.54, 1.807) is 32.5 Å². The van der Waals surface area contributed by atoms with E-state index >= 15 is 0 Å². The number of aromatic hydroxyl groups is 1. The van der Waals surface area contributed by atoms with Crippen molar-refractivity contribution in [2.24, 2.45) is 0 Å². The van der Waals surface area contributed by atoms with E-state index in [2.05, 4.69) is 4.98 Å². The lowest BCUT2D eigenvalue weighted by molar-refractivity contribution is 0.132. The molecule has 0 saturated heterocycles. The minimum atomic E-state index is 0.153. The average molecular weight is 293 g/mol. The molecule has 0 saturated carbocycles. The standard InChI is InChI=1S/C15H19NO5/c1-18-5-7-20-14-9-11-12(16-4-3-13(11)17)10-15(14)21-8-6-19-2/h3-4,9-10H,5-8H2,1-2H3,(H,16,17). The maximum absolute atomic E-state index is 9.89. The molecule has 0 aliphatic carbocycles. The van der Waals surface area contributed by atoms with Crippen LogP contribution in [0.4, 0.5) is 0 Å². The first-order valence-corrected chi connectivity index (χ1v) is 6.61. The summed E-state index contributed by atoms with van der Waals surface area (Å²) in [4.78, 5) is 4.22. The van der Waals surface area contributed by atoms with Gasteiger partial charge >= 0.3 is 0 Å². The van der Waals surface area contributed by atoms with E-state index in [1.165, 1.54) is 6.07 Å². The Hall–Kier alpha value is -2.05. The van der Waals surface area contributed by atoms with Crippen LogP contribution in [0.25, 0.3) is 10.9 Å². The Labute approximate surface area is 123 Å². The lowest BCUT2D eigenvalue weighted by Gasteiger charge is -2.14. The quantitative estimate of drug-likeness (QED) is 0.751. The van der Waals surface area contributed by atoms with Crippen LogP contribution in [0.1, 0.15) is 0 Å². The molecule has 0 bridgehead atoms. The Morgan fingerprint density at radius 2 is 1.57 bits per heavy atom. The van der Waals surface area contributed by atoms with Gasteiger partial charge in [-0.15, -0.1) is 0 Å². The summed E-state index contributed by atoms with van der Waals surface area (Å²) in [6.45, 7) is 1.74. The first-order valence-electron chi connectivity index (χ1n) is 6.61. The summed E-state index contributed by atoms with van der Waals surface area (Å²) in [5.41, 5.74) is 0.640. The van der Waals surface area contributed by atoms with Crippen molar-refractivity contribution in [3.05, 3.63) is 24.4 Å². The number of aromatic nitrogens is 1. The van der Waals surface area contributed by atoms with Gasteiger partial charge < -0.3 is 24.1 Å². The molecule has 0 atom stereocenters. The lowest BCUT2D eigenvalue weighted by atomic mass is 10.2. The van der Waals surface area contributed by atoms with Gasteiger partial charge in [-0.1, -0.05) is 0 Å². The molecule has 0 unspecified atom stereocenters. The van der Waals surface area contributed by atoms with Crippen LogP contribution in [0.15, 0.2) is 24.4 Å². The average Bonchev–Trinajstić information content (AvgIpc) is 2.49. The number of rotatable bonds is 8. The molecule has 0 amide bonds. The molecule has 6 nitrogen and oxygen atoms in total. The molecule has 114 valence electrons. The van der Waals surface area contributed by atoms with E-state index in [-0.39, 0.29) is 5.75 Å². The molecule has 2 rings (SSSR count). The van der Waals surface area contributed by atoms with Crippen LogP contribution in [0.2, 0.25) is 0 Å².